The molecule has 5 nitrogen and oxygen atoms in total. The lowest BCUT2D eigenvalue weighted by Gasteiger charge is -2.07. The molecule has 0 fully saturated rings. The minimum absolute atomic E-state index is 0.408. The summed E-state index contributed by atoms with van der Waals surface area (Å²) in [4.78, 5) is 21.4. The molecule has 0 unspecified atom stereocenters. The van der Waals surface area contributed by atoms with Gasteiger partial charge in [-0.05, 0) is 40.0 Å². The number of hydrogen-bond acceptors (Lipinski definition) is 3. The molecule has 0 aliphatic rings. The minimum Gasteiger partial charge on any atom is -0.496 e. The van der Waals surface area contributed by atoms with Gasteiger partial charge in [0.05, 0.1) is 11.6 Å². The second-order valence-electron chi connectivity index (χ2n) is 3.64. The van der Waals surface area contributed by atoms with Crippen LogP contribution in [0, 0.1) is 0 Å². The quantitative estimate of drug-likeness (QED) is 0.782. The van der Waals surface area contributed by atoms with E-state index in [1.54, 1.807) is 7.11 Å². The van der Waals surface area contributed by atoms with Crippen molar-refractivity contribution in [2.75, 3.05) is 13.7 Å². The SMILES string of the molecule is COc1ccc(CCNC(=O)CC(=O)O)cc1Br. The molecule has 18 heavy (non-hydrogen) atoms. The smallest absolute Gasteiger partial charge is 0.312 e. The number of methoxy groups -OCH3 is 1. The Bertz CT molecular complexity index is 448. The van der Waals surface area contributed by atoms with E-state index in [0.717, 1.165) is 15.8 Å². The number of rotatable bonds is 6. The van der Waals surface area contributed by atoms with E-state index in [-0.39, 0.29) is 0 Å². The van der Waals surface area contributed by atoms with E-state index in [0.29, 0.717) is 13.0 Å². The zero-order valence-electron chi connectivity index (χ0n) is 9.90. The normalized spacial score (nSPS) is 9.89. The zero-order valence-corrected chi connectivity index (χ0v) is 11.5. The third-order valence-corrected chi connectivity index (χ3v) is 2.88. The number of carbonyl (C=O) groups is 2. The van der Waals surface area contributed by atoms with Crippen LogP contribution >= 0.6 is 15.9 Å². The van der Waals surface area contributed by atoms with Crippen molar-refractivity contribution in [3.05, 3.63) is 28.2 Å². The van der Waals surface area contributed by atoms with Crippen LogP contribution in [0.25, 0.3) is 0 Å². The summed E-state index contributed by atoms with van der Waals surface area (Å²) in [6.45, 7) is 0.408. The third kappa shape index (κ3) is 4.75. The summed E-state index contributed by atoms with van der Waals surface area (Å²) in [5.41, 5.74) is 1.03. The lowest BCUT2D eigenvalue weighted by Crippen LogP contribution is -2.27. The number of ether oxygens (including phenoxy) is 1. The van der Waals surface area contributed by atoms with Crippen LogP contribution in [0.3, 0.4) is 0 Å². The van der Waals surface area contributed by atoms with E-state index in [4.69, 9.17) is 9.84 Å². The van der Waals surface area contributed by atoms with E-state index >= 15 is 0 Å². The average Bonchev–Trinajstić information content (AvgIpc) is 2.28. The van der Waals surface area contributed by atoms with Crippen LogP contribution in [0.4, 0.5) is 0 Å². The number of benzene rings is 1. The molecular formula is C12H14BrNO4. The van der Waals surface area contributed by atoms with Crippen molar-refractivity contribution in [3.8, 4) is 5.75 Å². The molecule has 1 amide bonds. The highest BCUT2D eigenvalue weighted by atomic mass is 79.9. The molecule has 0 atom stereocenters. The molecule has 0 bridgehead atoms. The predicted molar refractivity (Wildman–Crippen MR) is 69.7 cm³/mol. The maximum absolute atomic E-state index is 11.1. The lowest BCUT2D eigenvalue weighted by atomic mass is 10.1. The van der Waals surface area contributed by atoms with Gasteiger partial charge in [-0.15, -0.1) is 0 Å². The monoisotopic (exact) mass is 315 g/mol. The Kier molecular flexibility index (Phi) is 5.64. The number of aliphatic carboxylic acids is 1. The van der Waals surface area contributed by atoms with E-state index in [2.05, 4.69) is 21.2 Å². The number of carbonyl (C=O) groups excluding carboxylic acids is 1. The maximum Gasteiger partial charge on any atom is 0.312 e. The Balaban J connectivity index is 2.42. The molecule has 0 aromatic heterocycles. The highest BCUT2D eigenvalue weighted by Gasteiger charge is 2.06. The van der Waals surface area contributed by atoms with Gasteiger partial charge in [0.25, 0.3) is 0 Å². The van der Waals surface area contributed by atoms with Gasteiger partial charge in [-0.2, -0.15) is 0 Å². The van der Waals surface area contributed by atoms with Gasteiger partial charge in [0.2, 0.25) is 5.91 Å². The number of hydrogen-bond donors (Lipinski definition) is 2. The minimum atomic E-state index is -1.13. The fourth-order valence-electron chi connectivity index (χ4n) is 1.41. The summed E-state index contributed by atoms with van der Waals surface area (Å²) in [6, 6.07) is 5.63. The summed E-state index contributed by atoms with van der Waals surface area (Å²) in [7, 11) is 1.59. The van der Waals surface area contributed by atoms with Gasteiger partial charge in [0, 0.05) is 6.54 Å². The molecule has 0 spiro atoms. The van der Waals surface area contributed by atoms with Gasteiger partial charge in [0.1, 0.15) is 12.2 Å². The molecule has 1 aromatic rings. The molecule has 0 radical (unpaired) electrons. The molecule has 0 saturated heterocycles. The van der Waals surface area contributed by atoms with Crippen LogP contribution in [-0.2, 0) is 16.0 Å². The van der Waals surface area contributed by atoms with Crippen molar-refractivity contribution in [3.63, 3.8) is 0 Å². The van der Waals surface area contributed by atoms with Crippen LogP contribution in [0.1, 0.15) is 12.0 Å². The fraction of sp³-hybridized carbons (Fsp3) is 0.333. The lowest BCUT2D eigenvalue weighted by molar-refractivity contribution is -0.140. The van der Waals surface area contributed by atoms with Crippen molar-refractivity contribution >= 4 is 27.8 Å². The summed E-state index contributed by atoms with van der Waals surface area (Å²) in [5, 5.41) is 11.0. The van der Waals surface area contributed by atoms with E-state index in [1.807, 2.05) is 18.2 Å². The molecule has 0 aliphatic carbocycles. The first-order chi connectivity index (χ1) is 8.52. The molecule has 0 saturated carbocycles. The molecule has 2 N–H and O–H groups in total. The van der Waals surface area contributed by atoms with Crippen molar-refractivity contribution in [1.29, 1.82) is 0 Å². The van der Waals surface area contributed by atoms with Crippen molar-refractivity contribution in [2.24, 2.45) is 0 Å². The Hall–Kier alpha value is -1.56. The number of halogens is 1. The van der Waals surface area contributed by atoms with Gasteiger partial charge >= 0.3 is 5.97 Å². The third-order valence-electron chi connectivity index (χ3n) is 2.26. The number of carboxylic acid groups (broad SMARTS) is 1. The first-order valence-corrected chi connectivity index (χ1v) is 6.13. The molecule has 6 heteroatoms. The number of amides is 1. The Morgan fingerprint density at radius 2 is 2.17 bits per heavy atom. The van der Waals surface area contributed by atoms with Crippen LogP contribution < -0.4 is 10.1 Å². The maximum atomic E-state index is 11.1. The van der Waals surface area contributed by atoms with Crippen molar-refractivity contribution in [2.45, 2.75) is 12.8 Å². The molecule has 0 heterocycles. The van der Waals surface area contributed by atoms with Crippen molar-refractivity contribution < 1.29 is 19.4 Å². The number of nitrogens with one attached hydrogen (secondary N) is 1. The predicted octanol–water partition coefficient (Wildman–Crippen LogP) is 1.59. The highest BCUT2D eigenvalue weighted by molar-refractivity contribution is 9.10. The largest absolute Gasteiger partial charge is 0.496 e. The summed E-state index contributed by atoms with van der Waals surface area (Å²) >= 11 is 3.37. The van der Waals surface area contributed by atoms with E-state index in [9.17, 15) is 9.59 Å². The van der Waals surface area contributed by atoms with Crippen LogP contribution in [-0.4, -0.2) is 30.6 Å². The Morgan fingerprint density at radius 1 is 1.44 bits per heavy atom. The topological polar surface area (TPSA) is 75.6 Å². The molecule has 1 aromatic carbocycles. The highest BCUT2D eigenvalue weighted by Crippen LogP contribution is 2.25. The van der Waals surface area contributed by atoms with Crippen LogP contribution in [0.2, 0.25) is 0 Å². The Morgan fingerprint density at radius 3 is 2.72 bits per heavy atom. The molecule has 98 valence electrons. The zero-order chi connectivity index (χ0) is 13.5. The van der Waals surface area contributed by atoms with Gasteiger partial charge in [-0.25, -0.2) is 0 Å². The van der Waals surface area contributed by atoms with Gasteiger partial charge < -0.3 is 15.2 Å². The second kappa shape index (κ2) is 7.00. The summed E-state index contributed by atoms with van der Waals surface area (Å²) in [5.74, 6) is -0.858. The van der Waals surface area contributed by atoms with Gasteiger partial charge in [0.15, 0.2) is 0 Å². The second-order valence-corrected chi connectivity index (χ2v) is 4.49. The first kappa shape index (κ1) is 14.5. The summed E-state index contributed by atoms with van der Waals surface area (Å²) < 4.78 is 5.95. The molecular weight excluding hydrogens is 302 g/mol. The van der Waals surface area contributed by atoms with Crippen LogP contribution in [0.15, 0.2) is 22.7 Å². The number of carboxylic acids is 1. The van der Waals surface area contributed by atoms with E-state index in [1.165, 1.54) is 0 Å². The van der Waals surface area contributed by atoms with Crippen LogP contribution in [0.5, 0.6) is 5.75 Å². The first-order valence-electron chi connectivity index (χ1n) is 5.34. The Labute approximate surface area is 113 Å². The standard InChI is InChI=1S/C12H14BrNO4/c1-18-10-3-2-8(6-9(10)13)4-5-14-11(15)7-12(16)17/h2-3,6H,4-5,7H2,1H3,(H,14,15)(H,16,17). The summed E-state index contributed by atoms with van der Waals surface area (Å²) in [6.07, 6.45) is 0.139. The van der Waals surface area contributed by atoms with Gasteiger partial charge in [-0.3, -0.25) is 9.59 Å². The van der Waals surface area contributed by atoms with Crippen molar-refractivity contribution in [1.82, 2.24) is 5.32 Å². The fourth-order valence-corrected chi connectivity index (χ4v) is 2.00. The molecule has 1 rings (SSSR count). The molecule has 0 aliphatic heterocycles. The average molecular weight is 316 g/mol. The van der Waals surface area contributed by atoms with Gasteiger partial charge in [-0.1, -0.05) is 6.07 Å². The van der Waals surface area contributed by atoms with E-state index < -0.39 is 18.3 Å².